The Morgan fingerprint density at radius 1 is 1.08 bits per heavy atom. The molecular formula is C21H22N4O. The lowest BCUT2D eigenvalue weighted by atomic mass is 10.0. The molecule has 2 N–H and O–H groups in total. The summed E-state index contributed by atoms with van der Waals surface area (Å²) in [4.78, 5) is 20.5. The van der Waals surface area contributed by atoms with Crippen molar-refractivity contribution in [3.8, 4) is 0 Å². The zero-order valence-electron chi connectivity index (χ0n) is 14.7. The molecule has 0 fully saturated rings. The fourth-order valence-corrected chi connectivity index (χ4v) is 2.61. The van der Waals surface area contributed by atoms with Gasteiger partial charge in [0, 0.05) is 37.4 Å². The van der Waals surface area contributed by atoms with E-state index in [4.69, 9.17) is 0 Å². The average molecular weight is 346 g/mol. The van der Waals surface area contributed by atoms with Gasteiger partial charge >= 0.3 is 0 Å². The molecule has 1 aromatic carbocycles. The molecule has 132 valence electrons. The molecule has 0 aliphatic heterocycles. The molecule has 5 nitrogen and oxygen atoms in total. The highest BCUT2D eigenvalue weighted by Gasteiger charge is 2.09. The van der Waals surface area contributed by atoms with E-state index < -0.39 is 0 Å². The summed E-state index contributed by atoms with van der Waals surface area (Å²) in [7, 11) is 0. The molecular weight excluding hydrogens is 324 g/mol. The lowest BCUT2D eigenvalue weighted by Crippen LogP contribution is -2.24. The van der Waals surface area contributed by atoms with E-state index in [1.165, 1.54) is 5.56 Å². The molecule has 3 rings (SSSR count). The second-order valence-corrected chi connectivity index (χ2v) is 6.17. The van der Waals surface area contributed by atoms with Crippen molar-refractivity contribution >= 4 is 11.6 Å². The third-order valence-electron chi connectivity index (χ3n) is 4.15. The van der Waals surface area contributed by atoms with Gasteiger partial charge in [-0.05, 0) is 35.2 Å². The number of nitrogens with zero attached hydrogens (tertiary/aromatic N) is 2. The highest BCUT2D eigenvalue weighted by atomic mass is 16.1. The summed E-state index contributed by atoms with van der Waals surface area (Å²) < 4.78 is 0. The van der Waals surface area contributed by atoms with Crippen molar-refractivity contribution in [1.29, 1.82) is 0 Å². The summed E-state index contributed by atoms with van der Waals surface area (Å²) in [5.74, 6) is 0.167. The second-order valence-electron chi connectivity index (χ2n) is 6.17. The first-order valence-corrected chi connectivity index (χ1v) is 8.64. The van der Waals surface area contributed by atoms with Crippen LogP contribution in [0.25, 0.3) is 0 Å². The van der Waals surface area contributed by atoms with Gasteiger partial charge in [-0.25, -0.2) is 0 Å². The van der Waals surface area contributed by atoms with Gasteiger partial charge in [0.15, 0.2) is 0 Å². The summed E-state index contributed by atoms with van der Waals surface area (Å²) in [5, 5.41) is 6.25. The van der Waals surface area contributed by atoms with Gasteiger partial charge in [-0.2, -0.15) is 0 Å². The van der Waals surface area contributed by atoms with Crippen LogP contribution in [0.5, 0.6) is 0 Å². The van der Waals surface area contributed by atoms with Crippen molar-refractivity contribution in [3.63, 3.8) is 0 Å². The topological polar surface area (TPSA) is 66.9 Å². The monoisotopic (exact) mass is 346 g/mol. The van der Waals surface area contributed by atoms with Gasteiger partial charge in [-0.15, -0.1) is 0 Å². The van der Waals surface area contributed by atoms with Crippen LogP contribution in [0.3, 0.4) is 0 Å². The lowest BCUT2D eigenvalue weighted by Gasteiger charge is -2.14. The molecule has 26 heavy (non-hydrogen) atoms. The fraction of sp³-hybridized carbons (Fsp3) is 0.190. The molecule has 0 bridgehead atoms. The summed E-state index contributed by atoms with van der Waals surface area (Å²) in [6.07, 6.45) is 5.09. The zero-order chi connectivity index (χ0) is 18.2. The van der Waals surface area contributed by atoms with Crippen LogP contribution in [0.15, 0.2) is 73.2 Å². The SMILES string of the molecule is CC(CNc1ccnc(C(=O)NCc2cccnc2)c1)c1ccccc1. The van der Waals surface area contributed by atoms with Crippen LogP contribution in [0.2, 0.25) is 0 Å². The molecule has 0 radical (unpaired) electrons. The molecule has 2 heterocycles. The molecule has 0 aliphatic rings. The van der Waals surface area contributed by atoms with Crippen LogP contribution in [0, 0.1) is 0 Å². The Balaban J connectivity index is 1.56. The third kappa shape index (κ3) is 4.89. The maximum atomic E-state index is 12.3. The van der Waals surface area contributed by atoms with Gasteiger partial charge in [0.2, 0.25) is 0 Å². The Morgan fingerprint density at radius 3 is 2.69 bits per heavy atom. The molecule has 1 unspecified atom stereocenters. The summed E-state index contributed by atoms with van der Waals surface area (Å²) in [5.41, 5.74) is 3.51. The molecule has 0 spiro atoms. The predicted molar refractivity (Wildman–Crippen MR) is 103 cm³/mol. The smallest absolute Gasteiger partial charge is 0.270 e. The first-order valence-electron chi connectivity index (χ1n) is 8.64. The van der Waals surface area contributed by atoms with Crippen LogP contribution in [0.1, 0.15) is 34.5 Å². The van der Waals surface area contributed by atoms with Gasteiger partial charge < -0.3 is 10.6 Å². The first-order chi connectivity index (χ1) is 12.7. The Hall–Kier alpha value is -3.21. The van der Waals surface area contributed by atoms with Crippen molar-refractivity contribution < 1.29 is 4.79 Å². The molecule has 0 saturated heterocycles. The van der Waals surface area contributed by atoms with E-state index in [9.17, 15) is 4.79 Å². The van der Waals surface area contributed by atoms with E-state index >= 15 is 0 Å². The van der Waals surface area contributed by atoms with Gasteiger partial charge in [0.25, 0.3) is 5.91 Å². The van der Waals surface area contributed by atoms with Gasteiger partial charge in [-0.3, -0.25) is 14.8 Å². The summed E-state index contributed by atoms with van der Waals surface area (Å²) >= 11 is 0. The highest BCUT2D eigenvalue weighted by Crippen LogP contribution is 2.16. The van der Waals surface area contributed by atoms with Crippen molar-refractivity contribution in [3.05, 3.63) is 90.0 Å². The number of carbonyl (C=O) groups is 1. The molecule has 2 aromatic heterocycles. The van der Waals surface area contributed by atoms with E-state index in [1.54, 1.807) is 24.7 Å². The average Bonchev–Trinajstić information content (AvgIpc) is 2.72. The first kappa shape index (κ1) is 17.6. The van der Waals surface area contributed by atoms with E-state index in [1.807, 2.05) is 36.4 Å². The Bertz CT molecular complexity index is 837. The molecule has 3 aromatic rings. The number of carbonyl (C=O) groups excluding carboxylic acids is 1. The Kier molecular flexibility index (Phi) is 5.93. The third-order valence-corrected chi connectivity index (χ3v) is 4.15. The van der Waals surface area contributed by atoms with Crippen molar-refractivity contribution in [1.82, 2.24) is 15.3 Å². The van der Waals surface area contributed by atoms with Crippen LogP contribution < -0.4 is 10.6 Å². The molecule has 1 atom stereocenters. The van der Waals surface area contributed by atoms with Gasteiger partial charge in [-0.1, -0.05) is 43.3 Å². The quantitative estimate of drug-likeness (QED) is 0.686. The number of anilines is 1. The Morgan fingerprint density at radius 2 is 1.92 bits per heavy atom. The molecule has 0 aliphatic carbocycles. The second kappa shape index (κ2) is 8.76. The van der Waals surface area contributed by atoms with Crippen molar-refractivity contribution in [2.45, 2.75) is 19.4 Å². The maximum absolute atomic E-state index is 12.3. The van der Waals surface area contributed by atoms with E-state index in [0.29, 0.717) is 18.2 Å². The number of amides is 1. The van der Waals surface area contributed by atoms with E-state index in [-0.39, 0.29) is 5.91 Å². The van der Waals surface area contributed by atoms with Crippen LogP contribution in [-0.4, -0.2) is 22.4 Å². The minimum Gasteiger partial charge on any atom is -0.384 e. The molecule has 1 amide bonds. The van der Waals surface area contributed by atoms with E-state index in [0.717, 1.165) is 17.8 Å². The minimum atomic E-state index is -0.200. The van der Waals surface area contributed by atoms with Gasteiger partial charge in [0.05, 0.1) is 0 Å². The number of hydrogen-bond acceptors (Lipinski definition) is 4. The van der Waals surface area contributed by atoms with E-state index in [2.05, 4.69) is 39.7 Å². The molecule has 5 heteroatoms. The number of aromatic nitrogens is 2. The highest BCUT2D eigenvalue weighted by molar-refractivity contribution is 5.93. The number of benzene rings is 1. The zero-order valence-corrected chi connectivity index (χ0v) is 14.7. The van der Waals surface area contributed by atoms with Crippen molar-refractivity contribution in [2.24, 2.45) is 0 Å². The minimum absolute atomic E-state index is 0.200. The standard InChI is InChI=1S/C21H22N4O/c1-16(18-7-3-2-4-8-18)13-24-19-9-11-23-20(12-19)21(26)25-15-17-6-5-10-22-14-17/h2-12,14,16H,13,15H2,1H3,(H,23,24)(H,25,26). The number of pyridine rings is 2. The van der Waals surface area contributed by atoms with Crippen LogP contribution in [0.4, 0.5) is 5.69 Å². The van der Waals surface area contributed by atoms with Crippen molar-refractivity contribution in [2.75, 3.05) is 11.9 Å². The summed E-state index contributed by atoms with van der Waals surface area (Å²) in [6.45, 7) is 3.38. The maximum Gasteiger partial charge on any atom is 0.270 e. The number of hydrogen-bond donors (Lipinski definition) is 2. The normalized spacial score (nSPS) is 11.6. The van der Waals surface area contributed by atoms with Crippen LogP contribution >= 0.6 is 0 Å². The molecule has 0 saturated carbocycles. The number of nitrogens with one attached hydrogen (secondary N) is 2. The fourth-order valence-electron chi connectivity index (χ4n) is 2.61. The number of rotatable bonds is 7. The lowest BCUT2D eigenvalue weighted by molar-refractivity contribution is 0.0946. The largest absolute Gasteiger partial charge is 0.384 e. The predicted octanol–water partition coefficient (Wildman–Crippen LogP) is 3.62. The van der Waals surface area contributed by atoms with Crippen LogP contribution in [-0.2, 0) is 6.54 Å². The Labute approximate surface area is 153 Å². The van der Waals surface area contributed by atoms with Gasteiger partial charge in [0.1, 0.15) is 5.69 Å². The summed E-state index contributed by atoms with van der Waals surface area (Å²) in [6, 6.07) is 17.8.